The first kappa shape index (κ1) is 20.9. The van der Waals surface area contributed by atoms with E-state index in [0.717, 1.165) is 17.7 Å². The second-order valence-corrected chi connectivity index (χ2v) is 7.49. The monoisotopic (exact) mass is 413 g/mol. The fourth-order valence-corrected chi connectivity index (χ4v) is 3.53. The van der Waals surface area contributed by atoms with Gasteiger partial charge in [-0.25, -0.2) is 0 Å². The first-order valence-corrected chi connectivity index (χ1v) is 10.0. The van der Waals surface area contributed by atoms with Gasteiger partial charge in [0.25, 0.3) is 5.91 Å². The molecule has 1 aliphatic rings. The molecule has 7 heteroatoms. The lowest BCUT2D eigenvalue weighted by atomic mass is 10.1. The van der Waals surface area contributed by atoms with E-state index in [1.54, 1.807) is 41.3 Å². The van der Waals surface area contributed by atoms with Gasteiger partial charge in [-0.3, -0.25) is 14.4 Å². The van der Waals surface area contributed by atoms with Crippen LogP contribution in [0.25, 0.3) is 0 Å². The summed E-state index contributed by atoms with van der Waals surface area (Å²) in [6.07, 6.45) is 0.936. The van der Waals surface area contributed by atoms with Gasteiger partial charge >= 0.3 is 0 Å². The third kappa shape index (κ3) is 4.59. The first-order valence-electron chi connectivity index (χ1n) is 9.66. The van der Waals surface area contributed by atoms with Crippen LogP contribution in [0.4, 0.5) is 11.4 Å². The number of rotatable bonds is 6. The molecule has 29 heavy (non-hydrogen) atoms. The van der Waals surface area contributed by atoms with Gasteiger partial charge in [-0.2, -0.15) is 0 Å². The maximum absolute atomic E-state index is 12.8. The number of amides is 3. The molecule has 0 bridgehead atoms. The van der Waals surface area contributed by atoms with E-state index < -0.39 is 5.92 Å². The first-order chi connectivity index (χ1) is 13.9. The number of para-hydroxylation sites is 1. The lowest BCUT2D eigenvalue weighted by molar-refractivity contribution is -0.122. The van der Waals surface area contributed by atoms with E-state index >= 15 is 0 Å². The Balaban J connectivity index is 1.74. The molecule has 0 unspecified atom stereocenters. The number of carbonyl (C=O) groups is 3. The lowest BCUT2D eigenvalue weighted by Gasteiger charge is -2.20. The van der Waals surface area contributed by atoms with Crippen LogP contribution in [0.2, 0.25) is 5.02 Å². The zero-order chi connectivity index (χ0) is 21.0. The molecule has 2 aromatic rings. The second-order valence-electron chi connectivity index (χ2n) is 7.08. The SMILES string of the molecule is CCCNC(=O)c1ccccc1NC(=O)[C@H]1CC(=O)N(c2cccc(Cl)c2C)C1. The Labute approximate surface area is 175 Å². The van der Waals surface area contributed by atoms with E-state index in [1.165, 1.54) is 0 Å². The predicted octanol–water partition coefficient (Wildman–Crippen LogP) is 3.78. The highest BCUT2D eigenvalue weighted by Gasteiger charge is 2.36. The minimum Gasteiger partial charge on any atom is -0.352 e. The summed E-state index contributed by atoms with van der Waals surface area (Å²) in [5.74, 6) is -1.14. The fourth-order valence-electron chi connectivity index (χ4n) is 3.36. The Kier molecular flexibility index (Phi) is 6.54. The third-order valence-corrected chi connectivity index (χ3v) is 5.40. The minimum absolute atomic E-state index is 0.113. The number of nitrogens with one attached hydrogen (secondary N) is 2. The van der Waals surface area contributed by atoms with Gasteiger partial charge in [0.2, 0.25) is 11.8 Å². The fraction of sp³-hybridized carbons (Fsp3) is 0.318. The summed E-state index contributed by atoms with van der Waals surface area (Å²) in [7, 11) is 0. The molecule has 3 rings (SSSR count). The van der Waals surface area contributed by atoms with Gasteiger partial charge in [-0.15, -0.1) is 0 Å². The van der Waals surface area contributed by atoms with E-state index in [2.05, 4.69) is 10.6 Å². The molecule has 6 nitrogen and oxygen atoms in total. The number of hydrogen-bond acceptors (Lipinski definition) is 3. The van der Waals surface area contributed by atoms with Crippen LogP contribution in [0, 0.1) is 12.8 Å². The molecule has 2 N–H and O–H groups in total. The number of halogens is 1. The van der Waals surface area contributed by atoms with E-state index in [9.17, 15) is 14.4 Å². The smallest absolute Gasteiger partial charge is 0.253 e. The van der Waals surface area contributed by atoms with Crippen LogP contribution >= 0.6 is 11.6 Å². The summed E-state index contributed by atoms with van der Waals surface area (Å²) in [5.41, 5.74) is 2.37. The summed E-state index contributed by atoms with van der Waals surface area (Å²) in [6.45, 7) is 4.66. The second kappa shape index (κ2) is 9.09. The summed E-state index contributed by atoms with van der Waals surface area (Å²) in [4.78, 5) is 39.3. The largest absolute Gasteiger partial charge is 0.352 e. The maximum atomic E-state index is 12.8. The number of carbonyl (C=O) groups excluding carboxylic acids is 3. The number of anilines is 2. The summed E-state index contributed by atoms with van der Waals surface area (Å²) in [6, 6.07) is 12.2. The topological polar surface area (TPSA) is 78.5 Å². The third-order valence-electron chi connectivity index (χ3n) is 4.99. The Bertz CT molecular complexity index is 945. The highest BCUT2D eigenvalue weighted by atomic mass is 35.5. The van der Waals surface area contributed by atoms with Crippen molar-refractivity contribution in [3.05, 3.63) is 58.6 Å². The Morgan fingerprint density at radius 1 is 1.17 bits per heavy atom. The predicted molar refractivity (Wildman–Crippen MR) is 114 cm³/mol. The van der Waals surface area contributed by atoms with Crippen molar-refractivity contribution in [1.29, 1.82) is 0 Å². The van der Waals surface area contributed by atoms with Gasteiger partial charge in [0.15, 0.2) is 0 Å². The molecule has 152 valence electrons. The summed E-state index contributed by atoms with van der Waals surface area (Å²) >= 11 is 6.17. The number of benzene rings is 2. The quantitative estimate of drug-likeness (QED) is 0.756. The molecule has 3 amide bonds. The molecule has 0 radical (unpaired) electrons. The molecule has 0 spiro atoms. The van der Waals surface area contributed by atoms with E-state index in [4.69, 9.17) is 11.6 Å². The van der Waals surface area contributed by atoms with Crippen molar-refractivity contribution in [2.75, 3.05) is 23.3 Å². The van der Waals surface area contributed by atoms with Crippen LogP contribution in [-0.2, 0) is 9.59 Å². The molecule has 1 atom stereocenters. The van der Waals surface area contributed by atoms with Crippen LogP contribution in [-0.4, -0.2) is 30.8 Å². The zero-order valence-electron chi connectivity index (χ0n) is 16.5. The van der Waals surface area contributed by atoms with E-state index in [0.29, 0.717) is 22.8 Å². The average Bonchev–Trinajstić information content (AvgIpc) is 3.10. The van der Waals surface area contributed by atoms with Crippen molar-refractivity contribution < 1.29 is 14.4 Å². The molecular weight excluding hydrogens is 390 g/mol. The normalized spacial score (nSPS) is 16.0. The Morgan fingerprint density at radius 3 is 2.69 bits per heavy atom. The number of hydrogen-bond donors (Lipinski definition) is 2. The van der Waals surface area contributed by atoms with E-state index in [-0.39, 0.29) is 30.7 Å². The highest BCUT2D eigenvalue weighted by Crippen LogP contribution is 2.32. The summed E-state index contributed by atoms with van der Waals surface area (Å²) < 4.78 is 0. The molecule has 0 aliphatic carbocycles. The molecular formula is C22H24ClN3O3. The number of nitrogens with zero attached hydrogens (tertiary/aromatic N) is 1. The van der Waals surface area contributed by atoms with Crippen molar-refractivity contribution in [2.45, 2.75) is 26.7 Å². The minimum atomic E-state index is -0.507. The van der Waals surface area contributed by atoms with Crippen LogP contribution in [0.5, 0.6) is 0 Å². The average molecular weight is 414 g/mol. The van der Waals surface area contributed by atoms with Crippen molar-refractivity contribution >= 4 is 40.7 Å². The molecule has 1 heterocycles. The van der Waals surface area contributed by atoms with Gasteiger partial charge in [0, 0.05) is 30.2 Å². The molecule has 1 fully saturated rings. The Hall–Kier alpha value is -2.86. The van der Waals surface area contributed by atoms with Crippen molar-refractivity contribution in [1.82, 2.24) is 5.32 Å². The zero-order valence-corrected chi connectivity index (χ0v) is 17.3. The standard InChI is InChI=1S/C22H24ClN3O3/c1-3-11-24-22(29)16-7-4-5-9-18(16)25-21(28)15-12-20(27)26(13-15)19-10-6-8-17(23)14(19)2/h4-10,15H,3,11-13H2,1-2H3,(H,24,29)(H,25,28)/t15-/m0/s1. The van der Waals surface area contributed by atoms with Crippen molar-refractivity contribution in [2.24, 2.45) is 5.92 Å². The maximum Gasteiger partial charge on any atom is 0.253 e. The Morgan fingerprint density at radius 2 is 1.93 bits per heavy atom. The van der Waals surface area contributed by atoms with Crippen LogP contribution in [0.15, 0.2) is 42.5 Å². The molecule has 0 aromatic heterocycles. The van der Waals surface area contributed by atoms with Crippen LogP contribution < -0.4 is 15.5 Å². The van der Waals surface area contributed by atoms with Crippen molar-refractivity contribution in [3.63, 3.8) is 0 Å². The summed E-state index contributed by atoms with van der Waals surface area (Å²) in [5, 5.41) is 6.22. The van der Waals surface area contributed by atoms with Gasteiger partial charge < -0.3 is 15.5 Å². The molecule has 1 saturated heterocycles. The van der Waals surface area contributed by atoms with Crippen LogP contribution in [0.3, 0.4) is 0 Å². The van der Waals surface area contributed by atoms with Gasteiger partial charge in [0.1, 0.15) is 0 Å². The molecule has 2 aromatic carbocycles. The molecule has 0 saturated carbocycles. The van der Waals surface area contributed by atoms with E-state index in [1.807, 2.05) is 19.9 Å². The van der Waals surface area contributed by atoms with Gasteiger partial charge in [-0.1, -0.05) is 36.7 Å². The van der Waals surface area contributed by atoms with Gasteiger partial charge in [-0.05, 0) is 43.2 Å². The lowest BCUT2D eigenvalue weighted by Crippen LogP contribution is -2.30. The van der Waals surface area contributed by atoms with Gasteiger partial charge in [0.05, 0.1) is 17.2 Å². The highest BCUT2D eigenvalue weighted by molar-refractivity contribution is 6.31. The van der Waals surface area contributed by atoms with Crippen molar-refractivity contribution in [3.8, 4) is 0 Å². The van der Waals surface area contributed by atoms with Crippen LogP contribution in [0.1, 0.15) is 35.7 Å². The molecule has 1 aliphatic heterocycles.